The molecule has 0 aliphatic heterocycles. The summed E-state index contributed by atoms with van der Waals surface area (Å²) >= 11 is 0. The zero-order valence-electron chi connectivity index (χ0n) is 13.6. The lowest BCUT2D eigenvalue weighted by Crippen LogP contribution is -2.27. The number of unbranched alkanes of at least 4 members (excludes halogenated alkanes) is 2. The van der Waals surface area contributed by atoms with E-state index in [2.05, 4.69) is 23.9 Å². The van der Waals surface area contributed by atoms with Gasteiger partial charge in [0.05, 0.1) is 5.56 Å². The molecule has 0 aliphatic rings. The van der Waals surface area contributed by atoms with Gasteiger partial charge < -0.3 is 10.6 Å². The Kier molecular flexibility index (Phi) is 9.42. The number of benzene rings is 1. The molecule has 124 valence electrons. The van der Waals surface area contributed by atoms with E-state index >= 15 is 0 Å². The zero-order chi connectivity index (χ0) is 15.8. The summed E-state index contributed by atoms with van der Waals surface area (Å²) in [7, 11) is 0. The van der Waals surface area contributed by atoms with Gasteiger partial charge in [-0.1, -0.05) is 26.7 Å². The molecule has 0 aliphatic carbocycles. The fraction of sp³-hybridized carbons (Fsp3) is 0.562. The number of halogens is 1. The number of carbonyl (C=O) groups excluding carboxylic acids is 1. The van der Waals surface area contributed by atoms with E-state index in [1.165, 1.54) is 0 Å². The molecule has 1 aromatic carbocycles. The highest BCUT2D eigenvalue weighted by atomic mass is 35.5. The summed E-state index contributed by atoms with van der Waals surface area (Å²) in [5.41, 5.74) is 7.59. The average Bonchev–Trinajstić information content (AvgIpc) is 2.47. The lowest BCUT2D eigenvalue weighted by molar-refractivity contribution is 0.100. The third kappa shape index (κ3) is 5.30. The normalized spacial score (nSPS) is 9.95. The van der Waals surface area contributed by atoms with Gasteiger partial charge in [0.2, 0.25) is 0 Å². The van der Waals surface area contributed by atoms with Crippen molar-refractivity contribution >= 4 is 29.7 Å². The molecule has 2 N–H and O–H groups in total. The van der Waals surface area contributed by atoms with Crippen LogP contribution in [0.4, 0.5) is 11.4 Å². The van der Waals surface area contributed by atoms with Crippen LogP contribution < -0.4 is 10.6 Å². The first kappa shape index (κ1) is 20.4. The van der Waals surface area contributed by atoms with E-state index in [1.54, 1.807) is 12.1 Å². The van der Waals surface area contributed by atoms with Crippen molar-refractivity contribution in [1.82, 2.24) is 0 Å². The Hall–Kier alpha value is -1.62. The maximum absolute atomic E-state index is 11.5. The molecule has 0 atom stereocenters. The van der Waals surface area contributed by atoms with Crippen molar-refractivity contribution in [1.29, 1.82) is 0 Å². The molecule has 0 radical (unpaired) electrons. The minimum Gasteiger partial charge on any atom is -0.371 e. The van der Waals surface area contributed by atoms with Crippen molar-refractivity contribution in [2.24, 2.45) is 10.9 Å². The van der Waals surface area contributed by atoms with Crippen LogP contribution in [-0.2, 0) is 0 Å². The van der Waals surface area contributed by atoms with Crippen LogP contribution in [0.3, 0.4) is 0 Å². The highest BCUT2D eigenvalue weighted by molar-refractivity contribution is 5.99. The van der Waals surface area contributed by atoms with E-state index in [9.17, 15) is 9.70 Å². The highest BCUT2D eigenvalue weighted by Gasteiger charge is 2.16. The summed E-state index contributed by atoms with van der Waals surface area (Å²) in [5.74, 6) is -0.614. The lowest BCUT2D eigenvalue weighted by atomic mass is 10.1. The Morgan fingerprint density at radius 1 is 1.18 bits per heavy atom. The van der Waals surface area contributed by atoms with Gasteiger partial charge in [-0.15, -0.1) is 17.3 Å². The van der Waals surface area contributed by atoms with Crippen LogP contribution in [0.25, 0.3) is 0 Å². The largest absolute Gasteiger partial charge is 0.371 e. The SMILES string of the molecule is CCCCN(CCCC)c1cc(C(N)=O)c(N=O)cc1C.Cl. The van der Waals surface area contributed by atoms with Crippen LogP contribution in [0.2, 0.25) is 0 Å². The predicted molar refractivity (Wildman–Crippen MR) is 94.4 cm³/mol. The zero-order valence-corrected chi connectivity index (χ0v) is 14.4. The highest BCUT2D eigenvalue weighted by Crippen LogP contribution is 2.30. The van der Waals surface area contributed by atoms with Crippen molar-refractivity contribution in [2.75, 3.05) is 18.0 Å². The third-order valence-electron chi connectivity index (χ3n) is 3.58. The molecule has 0 fully saturated rings. The number of anilines is 1. The van der Waals surface area contributed by atoms with E-state index in [-0.39, 0.29) is 23.7 Å². The number of rotatable bonds is 9. The summed E-state index contributed by atoms with van der Waals surface area (Å²) in [5, 5.41) is 2.91. The predicted octanol–water partition coefficient (Wildman–Crippen LogP) is 4.32. The first-order chi connectivity index (χ1) is 10.0. The van der Waals surface area contributed by atoms with Crippen LogP contribution in [0.15, 0.2) is 17.3 Å². The van der Waals surface area contributed by atoms with E-state index in [0.717, 1.165) is 50.0 Å². The molecular weight excluding hydrogens is 302 g/mol. The van der Waals surface area contributed by atoms with Gasteiger partial charge in [0.25, 0.3) is 5.91 Å². The summed E-state index contributed by atoms with van der Waals surface area (Å²) in [6.07, 6.45) is 4.39. The second kappa shape index (κ2) is 10.2. The number of primary amides is 1. The van der Waals surface area contributed by atoms with Gasteiger partial charge in [-0.3, -0.25) is 4.79 Å². The first-order valence-electron chi connectivity index (χ1n) is 7.57. The van der Waals surface area contributed by atoms with Gasteiger partial charge in [-0.2, -0.15) is 0 Å². The Labute approximate surface area is 138 Å². The second-order valence-electron chi connectivity index (χ2n) is 5.31. The second-order valence-corrected chi connectivity index (χ2v) is 5.31. The summed E-state index contributed by atoms with van der Waals surface area (Å²) in [6, 6.07) is 3.35. The number of hydrogen-bond acceptors (Lipinski definition) is 4. The Morgan fingerprint density at radius 3 is 2.14 bits per heavy atom. The number of amides is 1. The Morgan fingerprint density at radius 2 is 1.73 bits per heavy atom. The molecule has 0 saturated carbocycles. The van der Waals surface area contributed by atoms with Crippen LogP contribution in [0.1, 0.15) is 55.5 Å². The summed E-state index contributed by atoms with van der Waals surface area (Å²) in [4.78, 5) is 24.6. The first-order valence-corrected chi connectivity index (χ1v) is 7.57. The number of hydrogen-bond donors (Lipinski definition) is 1. The fourth-order valence-electron chi connectivity index (χ4n) is 2.35. The van der Waals surface area contributed by atoms with Gasteiger partial charge in [-0.25, -0.2) is 0 Å². The molecule has 1 aromatic rings. The smallest absolute Gasteiger partial charge is 0.251 e. The molecular formula is C16H26ClN3O2. The molecule has 0 bridgehead atoms. The van der Waals surface area contributed by atoms with E-state index in [1.807, 2.05) is 6.92 Å². The van der Waals surface area contributed by atoms with Crippen LogP contribution in [-0.4, -0.2) is 19.0 Å². The summed E-state index contributed by atoms with van der Waals surface area (Å²) in [6.45, 7) is 8.10. The number of aryl methyl sites for hydroxylation is 1. The van der Waals surface area contributed by atoms with Crippen molar-refractivity contribution < 1.29 is 4.79 Å². The molecule has 0 saturated heterocycles. The van der Waals surface area contributed by atoms with Gasteiger partial charge in [0.1, 0.15) is 5.69 Å². The fourth-order valence-corrected chi connectivity index (χ4v) is 2.35. The van der Waals surface area contributed by atoms with Crippen LogP contribution >= 0.6 is 12.4 Å². The topological polar surface area (TPSA) is 75.8 Å². The molecule has 0 aromatic heterocycles. The number of nitroso groups, excluding NO2 is 1. The number of nitrogens with zero attached hydrogens (tertiary/aromatic N) is 2. The average molecular weight is 328 g/mol. The van der Waals surface area contributed by atoms with Gasteiger partial charge in [0.15, 0.2) is 0 Å². The molecule has 22 heavy (non-hydrogen) atoms. The Balaban J connectivity index is 0.00000441. The van der Waals surface area contributed by atoms with E-state index < -0.39 is 5.91 Å². The molecule has 0 unspecified atom stereocenters. The molecule has 0 heterocycles. The van der Waals surface area contributed by atoms with Crippen molar-refractivity contribution in [2.45, 2.75) is 46.5 Å². The third-order valence-corrected chi connectivity index (χ3v) is 3.58. The minimum atomic E-state index is -0.614. The minimum absolute atomic E-state index is 0. The van der Waals surface area contributed by atoms with Crippen molar-refractivity contribution in [3.8, 4) is 0 Å². The molecule has 5 nitrogen and oxygen atoms in total. The number of carbonyl (C=O) groups is 1. The van der Waals surface area contributed by atoms with Crippen LogP contribution in [0, 0.1) is 11.8 Å². The van der Waals surface area contributed by atoms with Crippen LogP contribution in [0.5, 0.6) is 0 Å². The van der Waals surface area contributed by atoms with Gasteiger partial charge in [0, 0.05) is 18.8 Å². The molecule has 1 rings (SSSR count). The standard InChI is InChI=1S/C16H25N3O2.ClH/c1-4-6-8-19(9-7-5-2)15-11-13(16(17)20)14(18-21)10-12(15)3;/h10-11H,4-9H2,1-3H3,(H2,17,20);1H. The lowest BCUT2D eigenvalue weighted by Gasteiger charge is -2.27. The molecule has 6 heteroatoms. The maximum Gasteiger partial charge on any atom is 0.251 e. The van der Waals surface area contributed by atoms with Gasteiger partial charge in [-0.05, 0) is 42.6 Å². The van der Waals surface area contributed by atoms with E-state index in [0.29, 0.717) is 0 Å². The maximum atomic E-state index is 11.5. The number of nitrogens with two attached hydrogens (primary N) is 1. The molecule has 0 spiro atoms. The van der Waals surface area contributed by atoms with Crippen molar-refractivity contribution in [3.63, 3.8) is 0 Å². The molecule has 1 amide bonds. The van der Waals surface area contributed by atoms with E-state index in [4.69, 9.17) is 5.73 Å². The van der Waals surface area contributed by atoms with Crippen molar-refractivity contribution in [3.05, 3.63) is 28.2 Å². The quantitative estimate of drug-likeness (QED) is 0.686. The van der Waals surface area contributed by atoms with Gasteiger partial charge >= 0.3 is 0 Å². The monoisotopic (exact) mass is 327 g/mol. The summed E-state index contributed by atoms with van der Waals surface area (Å²) < 4.78 is 0. The Bertz CT molecular complexity index is 498.